The van der Waals surface area contributed by atoms with Gasteiger partial charge in [0.2, 0.25) is 51.0 Å². The molecular formula is C52H24F14N4O8S4. The predicted octanol–water partition coefficient (Wildman–Crippen LogP) is 13.0. The lowest BCUT2D eigenvalue weighted by atomic mass is 9.88. The van der Waals surface area contributed by atoms with Crippen LogP contribution in [0.15, 0.2) is 185 Å². The molecule has 0 fully saturated rings. The lowest BCUT2D eigenvalue weighted by molar-refractivity contribution is -0.361. The molecule has 0 aliphatic heterocycles. The van der Waals surface area contributed by atoms with Crippen LogP contribution in [-0.2, 0) is 51.2 Å². The standard InChI is InChI=1S/C52H24F14N4O8S4/c53-47(54,49(57,58)51(61,62)63)45-67-41-33(79(71,72)25-13-5-1-6-14-25)21-29-30-22-35(81(75,76)27-17-9-3-10-18-27)43-40-38(30)32(31-23-34(42(68-45)39(41)37(29)31)80(73,74)26-15-7-2-8-16-26)24-36(82(77,78)28-19-11-4-12-20-28)44(40)70-46(69-43)48(55,56)50(59,60)52(64,65)66/h1-24H. The highest BCUT2D eigenvalue weighted by Crippen LogP contribution is 2.56. The summed E-state index contributed by atoms with van der Waals surface area (Å²) < 4.78 is 330. The van der Waals surface area contributed by atoms with E-state index in [1.54, 1.807) is 0 Å². The molecular weight excluding hydrogens is 1200 g/mol. The smallest absolute Gasteiger partial charge is 0.225 e. The summed E-state index contributed by atoms with van der Waals surface area (Å²) in [5.41, 5.74) is -5.97. The van der Waals surface area contributed by atoms with Crippen LogP contribution in [0.3, 0.4) is 0 Å². The first-order valence-electron chi connectivity index (χ1n) is 22.9. The number of aromatic nitrogens is 4. The average Bonchev–Trinajstić information content (AvgIpc) is 1.20. The van der Waals surface area contributed by atoms with Gasteiger partial charge in [0.25, 0.3) is 0 Å². The maximum atomic E-state index is 16.2. The van der Waals surface area contributed by atoms with Crippen LogP contribution in [0.5, 0.6) is 0 Å². The van der Waals surface area contributed by atoms with Crippen molar-refractivity contribution in [1.82, 2.24) is 19.9 Å². The fourth-order valence-electron chi connectivity index (χ4n) is 9.52. The number of hydrogen-bond acceptors (Lipinski definition) is 12. The molecule has 9 aromatic carbocycles. The molecule has 11 rings (SSSR count). The Bertz CT molecular complexity index is 4380. The molecule has 82 heavy (non-hydrogen) atoms. The Morgan fingerprint density at radius 2 is 0.476 bits per heavy atom. The van der Waals surface area contributed by atoms with E-state index in [1.165, 1.54) is 24.3 Å². The second-order valence-corrected chi connectivity index (χ2v) is 25.9. The van der Waals surface area contributed by atoms with E-state index >= 15 is 68.8 Å². The van der Waals surface area contributed by atoms with Crippen molar-refractivity contribution in [3.05, 3.63) is 157 Å². The highest BCUT2D eigenvalue weighted by atomic mass is 32.2. The van der Waals surface area contributed by atoms with Gasteiger partial charge >= 0.3 is 36.0 Å². The Morgan fingerprint density at radius 3 is 0.659 bits per heavy atom. The van der Waals surface area contributed by atoms with Crippen molar-refractivity contribution in [3.63, 3.8) is 0 Å². The lowest BCUT2D eigenvalue weighted by Crippen LogP contribution is -2.50. The van der Waals surface area contributed by atoms with Gasteiger partial charge in [-0.1, -0.05) is 72.8 Å². The summed E-state index contributed by atoms with van der Waals surface area (Å²) >= 11 is 0. The van der Waals surface area contributed by atoms with Crippen LogP contribution in [0.4, 0.5) is 61.5 Å². The summed E-state index contributed by atoms with van der Waals surface area (Å²) in [5, 5.41) is -6.44. The molecule has 12 nitrogen and oxygen atoms in total. The second-order valence-electron chi connectivity index (χ2n) is 18.2. The van der Waals surface area contributed by atoms with Crippen molar-refractivity contribution in [2.75, 3.05) is 0 Å². The molecule has 0 saturated carbocycles. The fourth-order valence-corrected chi connectivity index (χ4v) is 15.3. The number of rotatable bonds is 12. The molecule has 0 N–H and O–H groups in total. The third kappa shape index (κ3) is 7.79. The van der Waals surface area contributed by atoms with E-state index in [2.05, 4.69) is 19.9 Å². The van der Waals surface area contributed by atoms with Crippen molar-refractivity contribution in [2.24, 2.45) is 0 Å². The summed E-state index contributed by atoms with van der Waals surface area (Å²) in [4.78, 5) is 4.58. The summed E-state index contributed by atoms with van der Waals surface area (Å²) in [5.74, 6) is -33.0. The molecule has 0 radical (unpaired) electrons. The Morgan fingerprint density at radius 1 is 0.280 bits per heavy atom. The summed E-state index contributed by atoms with van der Waals surface area (Å²) in [6, 6.07) is 22.9. The minimum Gasteiger partial charge on any atom is -0.225 e. The SMILES string of the molecule is O=S(=O)(c1ccccc1)c1cc2c3cc(S(=O)(=O)c4ccccc4)c4nc(C(F)(F)C(F)(F)C(F)(F)F)nc5c(S(=O)(=O)c6ccccc6)cc(c6cc(S(=O)(=O)c7ccccc7)c7nc(C(F)(F)C(F)(F)C(F)(F)F)nc1c7c26)c3c45. The lowest BCUT2D eigenvalue weighted by Gasteiger charge is -2.28. The Balaban J connectivity index is 1.48. The third-order valence-electron chi connectivity index (χ3n) is 13.4. The topological polar surface area (TPSA) is 188 Å². The van der Waals surface area contributed by atoms with Crippen molar-refractivity contribution in [1.29, 1.82) is 0 Å². The van der Waals surface area contributed by atoms with Gasteiger partial charge in [0.15, 0.2) is 0 Å². The van der Waals surface area contributed by atoms with E-state index in [-0.39, 0.29) is 0 Å². The van der Waals surface area contributed by atoms with Crippen molar-refractivity contribution in [2.45, 2.75) is 75.2 Å². The Labute approximate surface area is 450 Å². The number of alkyl halides is 14. The molecule has 11 aromatic rings. The van der Waals surface area contributed by atoms with Crippen LogP contribution in [0.25, 0.3) is 65.2 Å². The zero-order valence-corrected chi connectivity index (χ0v) is 43.1. The molecule has 2 heterocycles. The largest absolute Gasteiger partial charge is 0.460 e. The van der Waals surface area contributed by atoms with Crippen LogP contribution in [-0.4, -0.2) is 77.8 Å². The van der Waals surface area contributed by atoms with Gasteiger partial charge < -0.3 is 0 Å². The molecule has 0 aliphatic rings. The van der Waals surface area contributed by atoms with Crippen LogP contribution in [0.1, 0.15) is 11.6 Å². The zero-order chi connectivity index (χ0) is 59.5. The van der Waals surface area contributed by atoms with Gasteiger partial charge in [-0.25, -0.2) is 53.6 Å². The quantitative estimate of drug-likeness (QED) is 0.0640. The van der Waals surface area contributed by atoms with Gasteiger partial charge in [-0.15, -0.1) is 0 Å². The average molecular weight is 1230 g/mol. The maximum Gasteiger partial charge on any atom is 0.460 e. The molecule has 422 valence electrons. The molecule has 2 aromatic heterocycles. The Kier molecular flexibility index (Phi) is 12.1. The van der Waals surface area contributed by atoms with Crippen LogP contribution >= 0.6 is 0 Å². The zero-order valence-electron chi connectivity index (χ0n) is 39.8. The van der Waals surface area contributed by atoms with Gasteiger partial charge in [-0.05, 0) is 94.3 Å². The summed E-state index contributed by atoms with van der Waals surface area (Å²) in [6.07, 6.45) is -14.2. The second kappa shape index (κ2) is 17.8. The number of sulfone groups is 4. The molecule has 0 atom stereocenters. The Hall–Kier alpha value is -7.96. The predicted molar refractivity (Wildman–Crippen MR) is 262 cm³/mol. The van der Waals surface area contributed by atoms with E-state index in [0.29, 0.717) is 24.3 Å². The third-order valence-corrected chi connectivity index (χ3v) is 20.6. The number of halogens is 14. The minimum atomic E-state index is -7.11. The van der Waals surface area contributed by atoms with Crippen LogP contribution < -0.4 is 0 Å². The molecule has 30 heteroatoms. The molecule has 0 bridgehead atoms. The van der Waals surface area contributed by atoms with Gasteiger partial charge in [0.05, 0.1) is 61.2 Å². The maximum absolute atomic E-state index is 16.2. The number of fused-ring (bicyclic) bond motifs is 2. The number of benzene rings is 9. The van der Waals surface area contributed by atoms with Gasteiger partial charge in [-0.2, -0.15) is 61.5 Å². The first kappa shape index (κ1) is 55.9. The summed E-state index contributed by atoms with van der Waals surface area (Å²) in [6.45, 7) is 0. The minimum absolute atomic E-state index is 0.505. The van der Waals surface area contributed by atoms with Gasteiger partial charge in [-0.3, -0.25) is 0 Å². The van der Waals surface area contributed by atoms with E-state index in [9.17, 15) is 26.3 Å². The van der Waals surface area contributed by atoms with E-state index in [0.717, 1.165) is 97.1 Å². The normalized spacial score (nSPS) is 14.1. The van der Waals surface area contributed by atoms with Crippen molar-refractivity contribution >= 4 is 105 Å². The molecule has 0 spiro atoms. The van der Waals surface area contributed by atoms with Crippen molar-refractivity contribution in [3.8, 4) is 0 Å². The van der Waals surface area contributed by atoms with Crippen LogP contribution in [0.2, 0.25) is 0 Å². The molecule has 0 saturated heterocycles. The van der Waals surface area contributed by atoms with Gasteiger partial charge in [0, 0.05) is 21.5 Å². The number of nitrogens with zero attached hydrogens (tertiary/aromatic N) is 4. The molecule has 0 unspecified atom stereocenters. The highest BCUT2D eigenvalue weighted by Gasteiger charge is 2.76. The van der Waals surface area contributed by atoms with E-state index in [4.69, 9.17) is 0 Å². The monoisotopic (exact) mass is 1230 g/mol. The fraction of sp³-hybridized carbons (Fsp3) is 0.115. The first-order chi connectivity index (χ1) is 38.0. The first-order valence-corrected chi connectivity index (χ1v) is 28.8. The van der Waals surface area contributed by atoms with E-state index in [1.807, 2.05) is 0 Å². The van der Waals surface area contributed by atoms with E-state index < -0.39 is 191 Å². The summed E-state index contributed by atoms with van der Waals surface area (Å²) in [7, 11) is -22.0. The molecule has 0 aliphatic carbocycles. The van der Waals surface area contributed by atoms with Crippen LogP contribution in [0, 0.1) is 0 Å². The number of hydrogen-bond donors (Lipinski definition) is 0. The molecule has 0 amide bonds. The van der Waals surface area contributed by atoms with Crippen molar-refractivity contribution < 1.29 is 95.1 Å². The highest BCUT2D eigenvalue weighted by molar-refractivity contribution is 7.92. The van der Waals surface area contributed by atoms with Gasteiger partial charge in [0.1, 0.15) is 0 Å².